The first-order chi connectivity index (χ1) is 13.2. The standard InChI is InChI=1S/C20H39N5O2S.HI/c1-19(2,3)27-18(26)25-13-11-24(12-14-25)10-7-9-22-17(21-5)23-16-20(4)8-6-15-28-20;/h6-16H2,1-5H3,(H2,21,22,23);1H. The average Bonchev–Trinajstić information content (AvgIpc) is 3.07. The second-order valence-corrected chi connectivity index (χ2v) is 10.6. The van der Waals surface area contributed by atoms with Crippen molar-refractivity contribution in [3.63, 3.8) is 0 Å². The summed E-state index contributed by atoms with van der Waals surface area (Å²) in [6.07, 6.45) is 3.45. The molecule has 0 radical (unpaired) electrons. The number of hydrogen-bond acceptors (Lipinski definition) is 5. The van der Waals surface area contributed by atoms with Crippen molar-refractivity contribution in [2.24, 2.45) is 4.99 Å². The smallest absolute Gasteiger partial charge is 0.410 e. The Balaban J connectivity index is 0.00000420. The quantitative estimate of drug-likeness (QED) is 0.233. The van der Waals surface area contributed by atoms with Crippen LogP contribution in [0, 0.1) is 0 Å². The Labute approximate surface area is 198 Å². The van der Waals surface area contributed by atoms with Crippen molar-refractivity contribution in [1.82, 2.24) is 20.4 Å². The summed E-state index contributed by atoms with van der Waals surface area (Å²) in [5, 5.41) is 6.89. The van der Waals surface area contributed by atoms with E-state index in [-0.39, 0.29) is 30.1 Å². The maximum atomic E-state index is 12.1. The van der Waals surface area contributed by atoms with Crippen LogP contribution < -0.4 is 10.6 Å². The third-order valence-electron chi connectivity index (χ3n) is 5.12. The van der Waals surface area contributed by atoms with Crippen molar-refractivity contribution < 1.29 is 9.53 Å². The molecule has 2 saturated heterocycles. The Hall–Kier alpha value is -0.420. The lowest BCUT2D eigenvalue weighted by Gasteiger charge is -2.35. The van der Waals surface area contributed by atoms with E-state index in [9.17, 15) is 4.79 Å². The zero-order chi connectivity index (χ0) is 20.6. The van der Waals surface area contributed by atoms with Gasteiger partial charge in [0.25, 0.3) is 0 Å². The summed E-state index contributed by atoms with van der Waals surface area (Å²) < 4.78 is 5.79. The zero-order valence-electron chi connectivity index (χ0n) is 18.8. The molecule has 0 spiro atoms. The minimum atomic E-state index is -0.430. The molecule has 2 aliphatic rings. The van der Waals surface area contributed by atoms with Crippen molar-refractivity contribution in [2.75, 3.05) is 58.6 Å². The molecule has 7 nitrogen and oxygen atoms in total. The van der Waals surface area contributed by atoms with Gasteiger partial charge in [-0.1, -0.05) is 0 Å². The van der Waals surface area contributed by atoms with Gasteiger partial charge in [0.05, 0.1) is 0 Å². The highest BCUT2D eigenvalue weighted by Crippen LogP contribution is 2.36. The van der Waals surface area contributed by atoms with Gasteiger partial charge in [0, 0.05) is 51.1 Å². The molecule has 0 bridgehead atoms. The Morgan fingerprint density at radius 3 is 2.45 bits per heavy atom. The third-order valence-corrected chi connectivity index (χ3v) is 6.66. The molecule has 1 amide bonds. The number of nitrogens with one attached hydrogen (secondary N) is 2. The van der Waals surface area contributed by atoms with Gasteiger partial charge >= 0.3 is 6.09 Å². The fourth-order valence-corrected chi connectivity index (χ4v) is 4.70. The largest absolute Gasteiger partial charge is 0.444 e. The van der Waals surface area contributed by atoms with E-state index in [0.29, 0.717) is 4.75 Å². The molecule has 9 heteroatoms. The fourth-order valence-electron chi connectivity index (χ4n) is 3.46. The highest BCUT2D eigenvalue weighted by molar-refractivity contribution is 14.0. The predicted octanol–water partition coefficient (Wildman–Crippen LogP) is 3.00. The van der Waals surface area contributed by atoms with Crippen LogP contribution in [0.1, 0.15) is 47.0 Å². The molecular weight excluding hydrogens is 501 g/mol. The molecule has 2 fully saturated rings. The van der Waals surface area contributed by atoms with Gasteiger partial charge in [-0.05, 0) is 59.3 Å². The molecule has 170 valence electrons. The molecule has 0 saturated carbocycles. The Morgan fingerprint density at radius 2 is 1.90 bits per heavy atom. The molecule has 1 unspecified atom stereocenters. The molecule has 29 heavy (non-hydrogen) atoms. The topological polar surface area (TPSA) is 69.2 Å². The van der Waals surface area contributed by atoms with Crippen LogP contribution in [0.4, 0.5) is 4.79 Å². The molecule has 2 N–H and O–H groups in total. The van der Waals surface area contributed by atoms with Gasteiger partial charge in [-0.25, -0.2) is 4.79 Å². The normalized spacial score (nSPS) is 23.5. The second-order valence-electron chi connectivity index (χ2n) is 8.92. The van der Waals surface area contributed by atoms with Crippen LogP contribution in [0.5, 0.6) is 0 Å². The summed E-state index contributed by atoms with van der Waals surface area (Å²) in [7, 11) is 1.83. The lowest BCUT2D eigenvalue weighted by molar-refractivity contribution is 0.0145. The summed E-state index contributed by atoms with van der Waals surface area (Å²) in [4.78, 5) is 20.7. The van der Waals surface area contributed by atoms with Gasteiger partial charge in [0.1, 0.15) is 5.60 Å². The fraction of sp³-hybridized carbons (Fsp3) is 0.900. The van der Waals surface area contributed by atoms with E-state index in [1.165, 1.54) is 18.6 Å². The first-order valence-corrected chi connectivity index (χ1v) is 11.5. The minimum absolute atomic E-state index is 0. The number of halogens is 1. The summed E-state index contributed by atoms with van der Waals surface area (Å²) in [5.74, 6) is 2.16. The molecule has 2 rings (SSSR count). The predicted molar refractivity (Wildman–Crippen MR) is 134 cm³/mol. The molecule has 1 atom stereocenters. The Kier molecular flexibility index (Phi) is 11.4. The monoisotopic (exact) mass is 541 g/mol. The van der Waals surface area contributed by atoms with E-state index >= 15 is 0 Å². The number of thioether (sulfide) groups is 1. The van der Waals surface area contributed by atoms with Crippen LogP contribution in [-0.4, -0.2) is 90.8 Å². The summed E-state index contributed by atoms with van der Waals surface area (Å²) >= 11 is 2.06. The van der Waals surface area contributed by atoms with E-state index in [4.69, 9.17) is 4.74 Å². The van der Waals surface area contributed by atoms with Crippen LogP contribution in [0.2, 0.25) is 0 Å². The Bertz CT molecular complexity index is 527. The molecule has 2 aliphatic heterocycles. The van der Waals surface area contributed by atoms with E-state index in [1.54, 1.807) is 0 Å². The van der Waals surface area contributed by atoms with E-state index in [1.807, 2.05) is 32.7 Å². The van der Waals surface area contributed by atoms with Crippen LogP contribution in [0.25, 0.3) is 0 Å². The highest BCUT2D eigenvalue weighted by Gasteiger charge is 2.29. The molecule has 0 aromatic carbocycles. The van der Waals surface area contributed by atoms with Crippen molar-refractivity contribution in [3.05, 3.63) is 0 Å². The van der Waals surface area contributed by atoms with Gasteiger partial charge in [-0.15, -0.1) is 24.0 Å². The first kappa shape index (κ1) is 26.6. The lowest BCUT2D eigenvalue weighted by Crippen LogP contribution is -2.50. The number of piperazine rings is 1. The second kappa shape index (κ2) is 12.4. The van der Waals surface area contributed by atoms with Crippen molar-refractivity contribution in [2.45, 2.75) is 57.3 Å². The van der Waals surface area contributed by atoms with Crippen molar-refractivity contribution in [3.8, 4) is 0 Å². The van der Waals surface area contributed by atoms with E-state index in [2.05, 4.69) is 39.2 Å². The number of carbonyl (C=O) groups excluding carboxylic acids is 1. The van der Waals surface area contributed by atoms with Gasteiger partial charge < -0.3 is 20.3 Å². The first-order valence-electron chi connectivity index (χ1n) is 10.5. The molecule has 0 aromatic heterocycles. The maximum absolute atomic E-state index is 12.1. The number of rotatable bonds is 6. The molecular formula is C20H40IN5O2S. The van der Waals surface area contributed by atoms with Crippen molar-refractivity contribution >= 4 is 47.8 Å². The SMILES string of the molecule is CN=C(NCCCN1CCN(C(=O)OC(C)(C)C)CC1)NCC1(C)CCCS1.I. The zero-order valence-corrected chi connectivity index (χ0v) is 21.9. The van der Waals surface area contributed by atoms with Gasteiger partial charge in [-0.2, -0.15) is 11.8 Å². The number of carbonyl (C=O) groups is 1. The van der Waals surface area contributed by atoms with Crippen LogP contribution in [-0.2, 0) is 4.74 Å². The number of guanidine groups is 1. The molecule has 0 aliphatic carbocycles. The van der Waals surface area contributed by atoms with Crippen LogP contribution >= 0.6 is 35.7 Å². The van der Waals surface area contributed by atoms with Crippen LogP contribution in [0.15, 0.2) is 4.99 Å². The summed E-state index contributed by atoms with van der Waals surface area (Å²) in [6, 6.07) is 0. The lowest BCUT2D eigenvalue weighted by atomic mass is 10.1. The van der Waals surface area contributed by atoms with Crippen molar-refractivity contribution in [1.29, 1.82) is 0 Å². The van der Waals surface area contributed by atoms with Gasteiger partial charge in [-0.3, -0.25) is 9.89 Å². The van der Waals surface area contributed by atoms with Crippen LogP contribution in [0.3, 0.4) is 0 Å². The van der Waals surface area contributed by atoms with Gasteiger partial charge in [0.2, 0.25) is 0 Å². The maximum Gasteiger partial charge on any atom is 0.410 e. The number of amides is 1. The summed E-state index contributed by atoms with van der Waals surface area (Å²) in [5.41, 5.74) is -0.430. The molecule has 2 heterocycles. The number of hydrogen-bond donors (Lipinski definition) is 2. The number of ether oxygens (including phenoxy) is 1. The number of nitrogens with zero attached hydrogens (tertiary/aromatic N) is 3. The summed E-state index contributed by atoms with van der Waals surface area (Å²) in [6.45, 7) is 14.2. The van der Waals surface area contributed by atoms with E-state index in [0.717, 1.165) is 58.2 Å². The van der Waals surface area contributed by atoms with E-state index < -0.39 is 5.60 Å². The minimum Gasteiger partial charge on any atom is -0.444 e. The Morgan fingerprint density at radius 1 is 1.21 bits per heavy atom. The average molecular weight is 542 g/mol. The van der Waals surface area contributed by atoms with Gasteiger partial charge in [0.15, 0.2) is 5.96 Å². The molecule has 0 aromatic rings. The third kappa shape index (κ3) is 9.95. The highest BCUT2D eigenvalue weighted by atomic mass is 127. The number of aliphatic imine (C=N–C) groups is 1.